The molecule has 0 radical (unpaired) electrons. The highest BCUT2D eigenvalue weighted by molar-refractivity contribution is 5.92. The summed E-state index contributed by atoms with van der Waals surface area (Å²) in [6.45, 7) is 0.805. The van der Waals surface area contributed by atoms with Gasteiger partial charge in [-0.15, -0.1) is 0 Å². The van der Waals surface area contributed by atoms with Crippen LogP contribution in [0.3, 0.4) is 0 Å². The van der Waals surface area contributed by atoms with Crippen LogP contribution in [0.15, 0.2) is 48.5 Å². The smallest absolute Gasteiger partial charge is 0.262 e. The number of carbonyl (C=O) groups excluding carboxylic acids is 1. The first-order valence-electron chi connectivity index (χ1n) is 10.0. The molecule has 1 fully saturated rings. The number of ether oxygens (including phenoxy) is 2. The van der Waals surface area contributed by atoms with Crippen molar-refractivity contribution in [3.63, 3.8) is 0 Å². The van der Waals surface area contributed by atoms with E-state index in [1.165, 1.54) is 32.1 Å². The maximum atomic E-state index is 12.4. The summed E-state index contributed by atoms with van der Waals surface area (Å²) in [6, 6.07) is 15.8. The van der Waals surface area contributed by atoms with Crippen LogP contribution >= 0.6 is 0 Å². The molecule has 0 spiro atoms. The van der Waals surface area contributed by atoms with E-state index in [1.807, 2.05) is 30.3 Å². The summed E-state index contributed by atoms with van der Waals surface area (Å²) >= 11 is 0. The predicted molar refractivity (Wildman–Crippen MR) is 112 cm³/mol. The first-order valence-corrected chi connectivity index (χ1v) is 10.0. The Morgan fingerprint density at radius 3 is 2.43 bits per heavy atom. The van der Waals surface area contributed by atoms with Gasteiger partial charge in [-0.25, -0.2) is 0 Å². The molecule has 1 amide bonds. The van der Waals surface area contributed by atoms with Gasteiger partial charge in [-0.1, -0.05) is 37.5 Å². The van der Waals surface area contributed by atoms with Crippen LogP contribution in [0.1, 0.15) is 37.7 Å². The minimum atomic E-state index is -0.163. The Morgan fingerprint density at radius 2 is 1.71 bits per heavy atom. The Hall–Kier alpha value is -2.53. The van der Waals surface area contributed by atoms with Gasteiger partial charge in [0.15, 0.2) is 6.61 Å². The van der Waals surface area contributed by atoms with Crippen LogP contribution in [-0.4, -0.2) is 37.6 Å². The lowest BCUT2D eigenvalue weighted by atomic mass is 9.94. The van der Waals surface area contributed by atoms with E-state index >= 15 is 0 Å². The minimum absolute atomic E-state index is 0.0286. The van der Waals surface area contributed by atoms with Gasteiger partial charge in [0.1, 0.15) is 11.5 Å². The van der Waals surface area contributed by atoms with E-state index < -0.39 is 0 Å². The summed E-state index contributed by atoms with van der Waals surface area (Å²) in [5, 5.41) is 3.00. The third kappa shape index (κ3) is 5.73. The van der Waals surface area contributed by atoms with E-state index in [0.29, 0.717) is 11.8 Å². The van der Waals surface area contributed by atoms with Crippen molar-refractivity contribution in [1.29, 1.82) is 0 Å². The SMILES string of the molecule is COc1ccc(OCC(=O)Nc2ccccc2CN(C)C2CCCCC2)cc1. The summed E-state index contributed by atoms with van der Waals surface area (Å²) in [5.74, 6) is 1.23. The van der Waals surface area contributed by atoms with E-state index in [-0.39, 0.29) is 12.5 Å². The van der Waals surface area contributed by atoms with Gasteiger partial charge in [0.05, 0.1) is 7.11 Å². The Morgan fingerprint density at radius 1 is 1.04 bits per heavy atom. The van der Waals surface area contributed by atoms with Crippen LogP contribution in [0, 0.1) is 0 Å². The average Bonchev–Trinajstić information content (AvgIpc) is 2.74. The largest absolute Gasteiger partial charge is 0.497 e. The van der Waals surface area contributed by atoms with Gasteiger partial charge in [0.25, 0.3) is 5.91 Å². The first kappa shape index (κ1) is 20.2. The third-order valence-electron chi connectivity index (χ3n) is 5.34. The molecule has 1 aliphatic carbocycles. The molecular formula is C23H30N2O3. The van der Waals surface area contributed by atoms with Gasteiger partial charge in [0.2, 0.25) is 0 Å². The molecule has 0 heterocycles. The molecule has 0 aliphatic heterocycles. The van der Waals surface area contributed by atoms with Crippen molar-refractivity contribution in [1.82, 2.24) is 4.90 Å². The predicted octanol–water partition coefficient (Wildman–Crippen LogP) is 4.48. The van der Waals surface area contributed by atoms with Gasteiger partial charge in [-0.3, -0.25) is 9.69 Å². The Labute approximate surface area is 167 Å². The fourth-order valence-corrected chi connectivity index (χ4v) is 3.71. The van der Waals surface area contributed by atoms with Crippen molar-refractivity contribution in [2.75, 3.05) is 26.1 Å². The zero-order chi connectivity index (χ0) is 19.8. The summed E-state index contributed by atoms with van der Waals surface area (Å²) in [6.07, 6.45) is 6.51. The third-order valence-corrected chi connectivity index (χ3v) is 5.34. The Bertz CT molecular complexity index is 755. The molecule has 2 aromatic rings. The van der Waals surface area contributed by atoms with E-state index in [4.69, 9.17) is 9.47 Å². The van der Waals surface area contributed by atoms with Crippen molar-refractivity contribution < 1.29 is 14.3 Å². The molecule has 3 rings (SSSR count). The van der Waals surface area contributed by atoms with Crippen LogP contribution in [0.5, 0.6) is 11.5 Å². The molecule has 0 saturated heterocycles. The van der Waals surface area contributed by atoms with Crippen molar-refractivity contribution >= 4 is 11.6 Å². The number of carbonyl (C=O) groups is 1. The molecule has 0 aromatic heterocycles. The summed E-state index contributed by atoms with van der Waals surface area (Å²) < 4.78 is 10.7. The van der Waals surface area contributed by atoms with Crippen molar-refractivity contribution in [3.05, 3.63) is 54.1 Å². The maximum absolute atomic E-state index is 12.4. The zero-order valence-corrected chi connectivity index (χ0v) is 16.8. The van der Waals surface area contributed by atoms with Gasteiger partial charge in [-0.2, -0.15) is 0 Å². The fraction of sp³-hybridized carbons (Fsp3) is 0.435. The minimum Gasteiger partial charge on any atom is -0.497 e. The molecule has 5 heteroatoms. The molecule has 0 bridgehead atoms. The highest BCUT2D eigenvalue weighted by Gasteiger charge is 2.19. The maximum Gasteiger partial charge on any atom is 0.262 e. The number of nitrogens with zero attached hydrogens (tertiary/aromatic N) is 1. The summed E-state index contributed by atoms with van der Waals surface area (Å²) in [7, 11) is 3.80. The number of rotatable bonds is 8. The van der Waals surface area contributed by atoms with E-state index in [1.54, 1.807) is 19.2 Å². The number of benzene rings is 2. The number of para-hydroxylation sites is 1. The second-order valence-electron chi connectivity index (χ2n) is 7.38. The standard InChI is InChI=1S/C23H30N2O3/c1-25(19-9-4-3-5-10-19)16-18-8-6-7-11-22(18)24-23(26)17-28-21-14-12-20(27-2)13-15-21/h6-8,11-15,19H,3-5,9-10,16-17H2,1-2H3,(H,24,26). The van der Waals surface area contributed by atoms with Gasteiger partial charge in [-0.05, 0) is 55.8 Å². The number of methoxy groups -OCH3 is 1. The quantitative estimate of drug-likeness (QED) is 0.731. The highest BCUT2D eigenvalue weighted by Crippen LogP contribution is 2.25. The lowest BCUT2D eigenvalue weighted by Gasteiger charge is -2.31. The van der Waals surface area contributed by atoms with Crippen molar-refractivity contribution in [2.45, 2.75) is 44.7 Å². The molecule has 1 saturated carbocycles. The normalized spacial score (nSPS) is 14.7. The van der Waals surface area contributed by atoms with E-state index in [9.17, 15) is 4.79 Å². The first-order chi connectivity index (χ1) is 13.7. The van der Waals surface area contributed by atoms with Crippen LogP contribution in [0.2, 0.25) is 0 Å². The summed E-state index contributed by atoms with van der Waals surface area (Å²) in [5.41, 5.74) is 1.99. The molecule has 0 unspecified atom stereocenters. The van der Waals surface area contributed by atoms with Crippen LogP contribution in [0.4, 0.5) is 5.69 Å². The van der Waals surface area contributed by atoms with E-state index in [2.05, 4.69) is 23.3 Å². The molecular weight excluding hydrogens is 352 g/mol. The molecule has 5 nitrogen and oxygen atoms in total. The van der Waals surface area contributed by atoms with Crippen molar-refractivity contribution in [3.8, 4) is 11.5 Å². The molecule has 0 atom stereocenters. The average molecular weight is 383 g/mol. The number of hydrogen-bond acceptors (Lipinski definition) is 4. The fourth-order valence-electron chi connectivity index (χ4n) is 3.71. The lowest BCUT2D eigenvalue weighted by molar-refractivity contribution is -0.118. The molecule has 150 valence electrons. The monoisotopic (exact) mass is 382 g/mol. The number of amides is 1. The van der Waals surface area contributed by atoms with Crippen LogP contribution in [0.25, 0.3) is 0 Å². The van der Waals surface area contributed by atoms with Crippen molar-refractivity contribution in [2.24, 2.45) is 0 Å². The van der Waals surface area contributed by atoms with Crippen LogP contribution in [-0.2, 0) is 11.3 Å². The molecule has 28 heavy (non-hydrogen) atoms. The van der Waals surface area contributed by atoms with E-state index in [0.717, 1.165) is 23.5 Å². The van der Waals surface area contributed by atoms with Crippen LogP contribution < -0.4 is 14.8 Å². The van der Waals surface area contributed by atoms with Gasteiger partial charge in [0, 0.05) is 18.3 Å². The topological polar surface area (TPSA) is 50.8 Å². The Balaban J connectivity index is 1.55. The molecule has 2 aromatic carbocycles. The number of hydrogen-bond donors (Lipinski definition) is 1. The van der Waals surface area contributed by atoms with Gasteiger partial charge >= 0.3 is 0 Å². The lowest BCUT2D eigenvalue weighted by Crippen LogP contribution is -2.33. The molecule has 1 N–H and O–H groups in total. The molecule has 1 aliphatic rings. The number of anilines is 1. The zero-order valence-electron chi connectivity index (χ0n) is 16.8. The highest BCUT2D eigenvalue weighted by atomic mass is 16.5. The van der Waals surface area contributed by atoms with Gasteiger partial charge < -0.3 is 14.8 Å². The Kier molecular flexibility index (Phi) is 7.31. The number of nitrogens with one attached hydrogen (secondary N) is 1. The second-order valence-corrected chi connectivity index (χ2v) is 7.38. The summed E-state index contributed by atoms with van der Waals surface area (Å²) in [4.78, 5) is 14.8. The second kappa shape index (κ2) is 10.1.